The van der Waals surface area contributed by atoms with Crippen molar-refractivity contribution < 1.29 is 18.3 Å². The van der Waals surface area contributed by atoms with Crippen molar-refractivity contribution in [3.63, 3.8) is 0 Å². The Labute approximate surface area is 122 Å². The van der Waals surface area contributed by atoms with Gasteiger partial charge in [-0.25, -0.2) is 0 Å². The van der Waals surface area contributed by atoms with Gasteiger partial charge in [-0.05, 0) is 17.7 Å². The Kier molecular flexibility index (Phi) is 4.06. The Balaban J connectivity index is 2.61. The Morgan fingerprint density at radius 1 is 1.33 bits per heavy atom. The molecule has 0 amide bonds. The standard InChI is InChI=1S/C13H10ClF3N2O2/c1-19-11(13(15,16)17)5-10(21)12(18-19)7-2-3-9(14)8(4-7)6-20/h2-5,20H,6H2,1H3. The lowest BCUT2D eigenvalue weighted by Crippen LogP contribution is -2.22. The summed E-state index contributed by atoms with van der Waals surface area (Å²) in [6, 6.07) is 4.81. The number of nitrogens with zero attached hydrogens (tertiary/aromatic N) is 2. The summed E-state index contributed by atoms with van der Waals surface area (Å²) in [4.78, 5) is 11.9. The van der Waals surface area contributed by atoms with Crippen LogP contribution in [0.3, 0.4) is 0 Å². The number of hydrogen-bond donors (Lipinski definition) is 1. The number of alkyl halides is 3. The molecule has 21 heavy (non-hydrogen) atoms. The second-order valence-corrected chi connectivity index (χ2v) is 4.74. The van der Waals surface area contributed by atoms with Gasteiger partial charge in [-0.1, -0.05) is 17.7 Å². The molecule has 4 nitrogen and oxygen atoms in total. The fourth-order valence-corrected chi connectivity index (χ4v) is 2.02. The van der Waals surface area contributed by atoms with E-state index in [9.17, 15) is 18.0 Å². The Morgan fingerprint density at radius 2 is 2.00 bits per heavy atom. The molecule has 8 heteroatoms. The maximum absolute atomic E-state index is 12.7. The van der Waals surface area contributed by atoms with Crippen LogP contribution in [0.2, 0.25) is 5.02 Å². The zero-order valence-corrected chi connectivity index (χ0v) is 11.5. The topological polar surface area (TPSA) is 55.1 Å². The molecule has 0 aliphatic heterocycles. The van der Waals surface area contributed by atoms with Gasteiger partial charge in [0.15, 0.2) is 0 Å². The van der Waals surface area contributed by atoms with Crippen molar-refractivity contribution in [2.24, 2.45) is 7.05 Å². The molecule has 0 spiro atoms. The minimum Gasteiger partial charge on any atom is -0.392 e. The van der Waals surface area contributed by atoms with E-state index >= 15 is 0 Å². The van der Waals surface area contributed by atoms with Crippen LogP contribution < -0.4 is 5.43 Å². The van der Waals surface area contributed by atoms with Crippen molar-refractivity contribution in [3.05, 3.63) is 50.8 Å². The lowest BCUT2D eigenvalue weighted by molar-refractivity contribution is -0.144. The molecule has 112 valence electrons. The van der Waals surface area contributed by atoms with E-state index in [4.69, 9.17) is 16.7 Å². The molecule has 1 aromatic carbocycles. The van der Waals surface area contributed by atoms with Gasteiger partial charge >= 0.3 is 6.18 Å². The second-order valence-electron chi connectivity index (χ2n) is 4.33. The van der Waals surface area contributed by atoms with Gasteiger partial charge in [0.2, 0.25) is 5.43 Å². The molecular formula is C13H10ClF3N2O2. The number of aliphatic hydroxyl groups is 1. The SMILES string of the molecule is Cn1nc(-c2ccc(Cl)c(CO)c2)c(=O)cc1C(F)(F)F. The van der Waals surface area contributed by atoms with Crippen LogP contribution in [0.5, 0.6) is 0 Å². The molecule has 0 saturated heterocycles. The smallest absolute Gasteiger partial charge is 0.392 e. The van der Waals surface area contributed by atoms with E-state index < -0.39 is 17.3 Å². The molecular weight excluding hydrogens is 309 g/mol. The molecule has 0 fully saturated rings. The van der Waals surface area contributed by atoms with Crippen molar-refractivity contribution in [1.29, 1.82) is 0 Å². The number of aryl methyl sites for hydroxylation is 1. The van der Waals surface area contributed by atoms with Gasteiger partial charge in [-0.2, -0.15) is 18.3 Å². The van der Waals surface area contributed by atoms with Crippen molar-refractivity contribution in [1.82, 2.24) is 9.78 Å². The highest BCUT2D eigenvalue weighted by Gasteiger charge is 2.34. The van der Waals surface area contributed by atoms with Crippen LogP contribution in [0.1, 0.15) is 11.3 Å². The summed E-state index contributed by atoms with van der Waals surface area (Å²) in [7, 11) is 1.11. The fraction of sp³-hybridized carbons (Fsp3) is 0.231. The molecule has 1 aromatic heterocycles. The maximum atomic E-state index is 12.7. The quantitative estimate of drug-likeness (QED) is 0.926. The van der Waals surface area contributed by atoms with Gasteiger partial charge < -0.3 is 5.11 Å². The highest BCUT2D eigenvalue weighted by Crippen LogP contribution is 2.28. The van der Waals surface area contributed by atoms with E-state index in [0.29, 0.717) is 21.3 Å². The third-order valence-electron chi connectivity index (χ3n) is 2.88. The van der Waals surface area contributed by atoms with Crippen LogP contribution in [-0.2, 0) is 19.8 Å². The predicted molar refractivity (Wildman–Crippen MR) is 70.8 cm³/mol. The third-order valence-corrected chi connectivity index (χ3v) is 3.25. The zero-order chi connectivity index (χ0) is 15.8. The monoisotopic (exact) mass is 318 g/mol. The summed E-state index contributed by atoms with van der Waals surface area (Å²) in [5.74, 6) is 0. The summed E-state index contributed by atoms with van der Waals surface area (Å²) in [5.41, 5.74) is -1.48. The van der Waals surface area contributed by atoms with Crippen LogP contribution >= 0.6 is 11.6 Å². The fourth-order valence-electron chi connectivity index (χ4n) is 1.85. The highest BCUT2D eigenvalue weighted by atomic mass is 35.5. The lowest BCUT2D eigenvalue weighted by atomic mass is 10.1. The van der Waals surface area contributed by atoms with Gasteiger partial charge in [0, 0.05) is 23.7 Å². The molecule has 0 aliphatic carbocycles. The molecule has 2 rings (SSSR count). The number of aromatic nitrogens is 2. The summed E-state index contributed by atoms with van der Waals surface area (Å²) < 4.78 is 38.7. The molecule has 2 aromatic rings. The normalized spacial score (nSPS) is 11.7. The molecule has 0 saturated carbocycles. The molecule has 0 aliphatic rings. The first-order valence-corrected chi connectivity index (χ1v) is 6.17. The maximum Gasteiger partial charge on any atom is 0.433 e. The number of benzene rings is 1. The summed E-state index contributed by atoms with van der Waals surface area (Å²) in [6.45, 7) is -0.354. The van der Waals surface area contributed by atoms with Crippen LogP contribution in [0.15, 0.2) is 29.1 Å². The van der Waals surface area contributed by atoms with E-state index in [1.165, 1.54) is 18.2 Å². The first-order chi connectivity index (χ1) is 9.74. The minimum atomic E-state index is -4.66. The van der Waals surface area contributed by atoms with E-state index in [1.807, 2.05) is 0 Å². The molecule has 0 atom stereocenters. The molecule has 1 N–H and O–H groups in total. The number of halogens is 4. The van der Waals surface area contributed by atoms with Gasteiger partial charge in [0.05, 0.1) is 6.61 Å². The van der Waals surface area contributed by atoms with Crippen molar-refractivity contribution in [2.75, 3.05) is 0 Å². The van der Waals surface area contributed by atoms with Gasteiger partial charge in [-0.15, -0.1) is 0 Å². The van der Waals surface area contributed by atoms with E-state index in [1.54, 1.807) is 0 Å². The first kappa shape index (κ1) is 15.5. The first-order valence-electron chi connectivity index (χ1n) is 5.79. The zero-order valence-electron chi connectivity index (χ0n) is 10.8. The molecule has 1 heterocycles. The van der Waals surface area contributed by atoms with Crippen LogP contribution in [0, 0.1) is 0 Å². The summed E-state index contributed by atoms with van der Waals surface area (Å²) >= 11 is 5.83. The largest absolute Gasteiger partial charge is 0.433 e. The van der Waals surface area contributed by atoms with Gasteiger partial charge in [0.1, 0.15) is 11.4 Å². The van der Waals surface area contributed by atoms with Crippen LogP contribution in [0.25, 0.3) is 11.3 Å². The minimum absolute atomic E-state index is 0.142. The Bertz CT molecular complexity index is 741. The van der Waals surface area contributed by atoms with Crippen molar-refractivity contribution >= 4 is 11.6 Å². The Hall–Kier alpha value is -1.86. The number of rotatable bonds is 2. The van der Waals surface area contributed by atoms with Gasteiger partial charge in [0.25, 0.3) is 0 Å². The average molecular weight is 319 g/mol. The molecule has 0 radical (unpaired) electrons. The predicted octanol–water partition coefficient (Wildman–Crippen LogP) is 2.61. The summed E-state index contributed by atoms with van der Waals surface area (Å²) in [5, 5.41) is 13.1. The average Bonchev–Trinajstić information content (AvgIpc) is 2.40. The third kappa shape index (κ3) is 3.08. The number of hydrogen-bond acceptors (Lipinski definition) is 3. The van der Waals surface area contributed by atoms with Crippen LogP contribution in [-0.4, -0.2) is 14.9 Å². The molecule has 0 bridgehead atoms. The van der Waals surface area contributed by atoms with Crippen molar-refractivity contribution in [2.45, 2.75) is 12.8 Å². The van der Waals surface area contributed by atoms with Gasteiger partial charge in [-0.3, -0.25) is 9.48 Å². The van der Waals surface area contributed by atoms with E-state index in [-0.39, 0.29) is 17.9 Å². The van der Waals surface area contributed by atoms with Crippen molar-refractivity contribution in [3.8, 4) is 11.3 Å². The van der Waals surface area contributed by atoms with E-state index in [0.717, 1.165) is 7.05 Å². The highest BCUT2D eigenvalue weighted by molar-refractivity contribution is 6.31. The lowest BCUT2D eigenvalue weighted by Gasteiger charge is -2.12. The number of aliphatic hydroxyl groups excluding tert-OH is 1. The van der Waals surface area contributed by atoms with Crippen LogP contribution in [0.4, 0.5) is 13.2 Å². The second kappa shape index (κ2) is 5.50. The van der Waals surface area contributed by atoms with E-state index in [2.05, 4.69) is 5.10 Å². The summed E-state index contributed by atoms with van der Waals surface area (Å²) in [6.07, 6.45) is -4.66. The molecule has 0 unspecified atom stereocenters. The Morgan fingerprint density at radius 3 is 2.57 bits per heavy atom.